The molecule has 1 aromatic rings. The zero-order valence-electron chi connectivity index (χ0n) is 10.1. The lowest BCUT2D eigenvalue weighted by atomic mass is 10.0. The second-order valence-corrected chi connectivity index (χ2v) is 4.75. The highest BCUT2D eigenvalue weighted by Gasteiger charge is 2.15. The quantitative estimate of drug-likeness (QED) is 0.801. The fourth-order valence-corrected chi connectivity index (χ4v) is 1.28. The van der Waals surface area contributed by atoms with Gasteiger partial charge in [0.05, 0.1) is 0 Å². The molecule has 3 N–H and O–H groups in total. The third-order valence-electron chi connectivity index (χ3n) is 2.08. The molecule has 1 heterocycles. The molecule has 1 aromatic heterocycles. The van der Waals surface area contributed by atoms with Crippen LogP contribution in [0.1, 0.15) is 31.5 Å². The minimum atomic E-state index is -0.463. The number of pyridine rings is 1. The molecule has 0 bridgehead atoms. The van der Waals surface area contributed by atoms with Crippen LogP contribution in [0.15, 0.2) is 18.3 Å². The van der Waals surface area contributed by atoms with Crippen molar-refractivity contribution in [3.05, 3.63) is 29.6 Å². The molecule has 4 heteroatoms. The minimum Gasteiger partial charge on any atom is -0.352 e. The number of carbonyl (C=O) groups is 1. The molecule has 16 heavy (non-hydrogen) atoms. The maximum absolute atomic E-state index is 11.5. The summed E-state index contributed by atoms with van der Waals surface area (Å²) in [6, 6.07) is 3.88. The number of nitrogens with one attached hydrogen (secondary N) is 1. The molecule has 0 fully saturated rings. The van der Waals surface area contributed by atoms with Gasteiger partial charge in [-0.05, 0) is 32.4 Å². The summed E-state index contributed by atoms with van der Waals surface area (Å²) < 4.78 is 0. The van der Waals surface area contributed by atoms with Gasteiger partial charge in [-0.15, -0.1) is 0 Å². The lowest BCUT2D eigenvalue weighted by Gasteiger charge is -2.17. The summed E-state index contributed by atoms with van der Waals surface area (Å²) in [4.78, 5) is 15.6. The minimum absolute atomic E-state index is 0.0342. The van der Waals surface area contributed by atoms with E-state index in [1.165, 1.54) is 0 Å². The molecular weight excluding hydrogens is 202 g/mol. The molecular formula is C12H19N3O. The van der Waals surface area contributed by atoms with E-state index >= 15 is 0 Å². The Morgan fingerprint density at radius 1 is 1.50 bits per heavy atom. The fraction of sp³-hybridized carbons (Fsp3) is 0.500. The van der Waals surface area contributed by atoms with Crippen molar-refractivity contribution in [3.63, 3.8) is 0 Å². The highest BCUT2D eigenvalue weighted by atomic mass is 16.1. The van der Waals surface area contributed by atoms with Crippen LogP contribution in [0.25, 0.3) is 0 Å². The Morgan fingerprint density at radius 2 is 2.19 bits per heavy atom. The number of nitrogens with two attached hydrogens (primary N) is 1. The van der Waals surface area contributed by atoms with Gasteiger partial charge < -0.3 is 11.1 Å². The average Bonchev–Trinajstić information content (AvgIpc) is 2.14. The smallest absolute Gasteiger partial charge is 0.222 e. The Labute approximate surface area is 96.3 Å². The highest BCUT2D eigenvalue weighted by Crippen LogP contribution is 2.04. The molecule has 88 valence electrons. The van der Waals surface area contributed by atoms with E-state index < -0.39 is 5.54 Å². The molecule has 1 rings (SSSR count). The summed E-state index contributed by atoms with van der Waals surface area (Å²) in [6.45, 7) is 6.10. The van der Waals surface area contributed by atoms with Crippen LogP contribution in [0, 0.1) is 6.92 Å². The second kappa shape index (κ2) is 5.07. The van der Waals surface area contributed by atoms with Gasteiger partial charge in [-0.3, -0.25) is 9.78 Å². The SMILES string of the molecule is Cc1ccc(CNC(=O)CC(C)(C)N)cn1. The number of amides is 1. The molecule has 0 saturated carbocycles. The van der Waals surface area contributed by atoms with Crippen molar-refractivity contribution in [1.82, 2.24) is 10.3 Å². The van der Waals surface area contributed by atoms with Crippen molar-refractivity contribution in [2.45, 2.75) is 39.3 Å². The molecule has 0 aliphatic heterocycles. The van der Waals surface area contributed by atoms with Gasteiger partial charge in [-0.25, -0.2) is 0 Å². The average molecular weight is 221 g/mol. The topological polar surface area (TPSA) is 68.0 Å². The van der Waals surface area contributed by atoms with Crippen molar-refractivity contribution < 1.29 is 4.79 Å². The third-order valence-corrected chi connectivity index (χ3v) is 2.08. The maximum Gasteiger partial charge on any atom is 0.222 e. The van der Waals surface area contributed by atoms with Crippen molar-refractivity contribution >= 4 is 5.91 Å². The summed E-state index contributed by atoms with van der Waals surface area (Å²) >= 11 is 0. The van der Waals surface area contributed by atoms with Crippen LogP contribution in [0.4, 0.5) is 0 Å². The van der Waals surface area contributed by atoms with E-state index in [1.807, 2.05) is 32.9 Å². The first-order valence-electron chi connectivity index (χ1n) is 5.34. The van der Waals surface area contributed by atoms with E-state index in [2.05, 4.69) is 10.3 Å². The molecule has 0 radical (unpaired) electrons. The van der Waals surface area contributed by atoms with Gasteiger partial charge in [0.25, 0.3) is 0 Å². The van der Waals surface area contributed by atoms with Gasteiger partial charge in [-0.2, -0.15) is 0 Å². The van der Waals surface area contributed by atoms with Gasteiger partial charge in [0.1, 0.15) is 0 Å². The predicted octanol–water partition coefficient (Wildman–Crippen LogP) is 1.13. The molecule has 1 amide bonds. The van der Waals surface area contributed by atoms with E-state index in [0.717, 1.165) is 11.3 Å². The van der Waals surface area contributed by atoms with Crippen LogP contribution < -0.4 is 11.1 Å². The van der Waals surface area contributed by atoms with E-state index in [4.69, 9.17) is 5.73 Å². The van der Waals surface area contributed by atoms with E-state index in [-0.39, 0.29) is 5.91 Å². The zero-order chi connectivity index (χ0) is 12.2. The Kier molecular flexibility index (Phi) is 4.01. The van der Waals surface area contributed by atoms with Crippen molar-refractivity contribution in [1.29, 1.82) is 0 Å². The summed E-state index contributed by atoms with van der Waals surface area (Å²) in [5, 5.41) is 2.82. The van der Waals surface area contributed by atoms with Crippen molar-refractivity contribution in [3.8, 4) is 0 Å². The van der Waals surface area contributed by atoms with Gasteiger partial charge >= 0.3 is 0 Å². The first-order chi connectivity index (χ1) is 7.37. The molecule has 0 aromatic carbocycles. The van der Waals surface area contributed by atoms with Crippen LogP contribution >= 0.6 is 0 Å². The summed E-state index contributed by atoms with van der Waals surface area (Å²) in [5.41, 5.74) is 7.25. The number of hydrogen-bond donors (Lipinski definition) is 2. The van der Waals surface area contributed by atoms with Crippen LogP contribution in [-0.2, 0) is 11.3 Å². The molecule has 0 aliphatic rings. The van der Waals surface area contributed by atoms with Crippen molar-refractivity contribution in [2.75, 3.05) is 0 Å². The summed E-state index contributed by atoms with van der Waals surface area (Å²) in [6.07, 6.45) is 2.09. The first kappa shape index (κ1) is 12.6. The number of carbonyl (C=O) groups excluding carboxylic acids is 1. The number of hydrogen-bond acceptors (Lipinski definition) is 3. The molecule has 0 spiro atoms. The number of aromatic nitrogens is 1. The Hall–Kier alpha value is -1.42. The fourth-order valence-electron chi connectivity index (χ4n) is 1.28. The standard InChI is InChI=1S/C12H19N3O/c1-9-4-5-10(7-14-9)8-15-11(16)6-12(2,3)13/h4-5,7H,6,8,13H2,1-3H3,(H,15,16). The van der Waals surface area contributed by atoms with Gasteiger partial charge in [0.2, 0.25) is 5.91 Å². The molecule has 0 atom stereocenters. The van der Waals surface area contributed by atoms with E-state index in [0.29, 0.717) is 13.0 Å². The van der Waals surface area contributed by atoms with E-state index in [9.17, 15) is 4.79 Å². The maximum atomic E-state index is 11.5. The lowest BCUT2D eigenvalue weighted by Crippen LogP contribution is -2.38. The first-order valence-corrected chi connectivity index (χ1v) is 5.34. The van der Waals surface area contributed by atoms with Gasteiger partial charge in [0.15, 0.2) is 0 Å². The van der Waals surface area contributed by atoms with E-state index in [1.54, 1.807) is 6.20 Å². The summed E-state index contributed by atoms with van der Waals surface area (Å²) in [7, 11) is 0. The molecule has 0 unspecified atom stereocenters. The Morgan fingerprint density at radius 3 is 2.69 bits per heavy atom. The van der Waals surface area contributed by atoms with Gasteiger partial charge in [-0.1, -0.05) is 6.07 Å². The Balaban J connectivity index is 2.40. The zero-order valence-corrected chi connectivity index (χ0v) is 10.1. The predicted molar refractivity (Wildman–Crippen MR) is 63.7 cm³/mol. The molecule has 0 saturated heterocycles. The monoisotopic (exact) mass is 221 g/mol. The molecule has 4 nitrogen and oxygen atoms in total. The second-order valence-electron chi connectivity index (χ2n) is 4.75. The number of aryl methyl sites for hydroxylation is 1. The molecule has 0 aliphatic carbocycles. The van der Waals surface area contributed by atoms with Crippen LogP contribution in [0.3, 0.4) is 0 Å². The largest absolute Gasteiger partial charge is 0.352 e. The van der Waals surface area contributed by atoms with Crippen LogP contribution in [0.2, 0.25) is 0 Å². The van der Waals surface area contributed by atoms with Crippen molar-refractivity contribution in [2.24, 2.45) is 5.73 Å². The normalized spacial score (nSPS) is 11.2. The lowest BCUT2D eigenvalue weighted by molar-refractivity contribution is -0.122. The summed E-state index contributed by atoms with van der Waals surface area (Å²) in [5.74, 6) is -0.0342. The number of rotatable bonds is 4. The Bertz CT molecular complexity index is 352. The third kappa shape index (κ3) is 4.89. The number of nitrogens with zero attached hydrogens (tertiary/aromatic N) is 1. The highest BCUT2D eigenvalue weighted by molar-refractivity contribution is 5.77. The van der Waals surface area contributed by atoms with Crippen LogP contribution in [0.5, 0.6) is 0 Å². The van der Waals surface area contributed by atoms with Gasteiger partial charge in [0, 0.05) is 30.4 Å². The van der Waals surface area contributed by atoms with Crippen LogP contribution in [-0.4, -0.2) is 16.4 Å².